The summed E-state index contributed by atoms with van der Waals surface area (Å²) in [5.41, 5.74) is 2.28. The van der Waals surface area contributed by atoms with Crippen molar-refractivity contribution in [3.05, 3.63) is 82.6 Å². The number of amides is 1. The summed E-state index contributed by atoms with van der Waals surface area (Å²) in [6.07, 6.45) is 0. The van der Waals surface area contributed by atoms with Crippen LogP contribution in [0.25, 0.3) is 22.4 Å². The summed E-state index contributed by atoms with van der Waals surface area (Å²) in [4.78, 5) is 17.3. The van der Waals surface area contributed by atoms with Gasteiger partial charge in [-0.05, 0) is 42.5 Å². The molecule has 0 spiro atoms. The Morgan fingerprint density at radius 3 is 2.57 bits per heavy atom. The molecule has 0 aliphatic rings. The van der Waals surface area contributed by atoms with Gasteiger partial charge in [-0.3, -0.25) is 4.79 Å². The number of rotatable bonds is 4. The number of halogens is 3. The fraction of sp³-hybridized carbons (Fsp3) is 0.0476. The zero-order chi connectivity index (χ0) is 19.7. The van der Waals surface area contributed by atoms with Crippen LogP contribution in [0.4, 0.5) is 10.1 Å². The van der Waals surface area contributed by atoms with E-state index in [-0.39, 0.29) is 18.1 Å². The van der Waals surface area contributed by atoms with E-state index in [1.807, 2.05) is 24.3 Å². The number of nitrogens with zero attached hydrogens (tertiary/aromatic N) is 2. The van der Waals surface area contributed by atoms with Gasteiger partial charge in [-0.15, -0.1) is 0 Å². The van der Waals surface area contributed by atoms with Crippen molar-refractivity contribution in [2.75, 3.05) is 5.32 Å². The van der Waals surface area contributed by atoms with E-state index in [1.165, 1.54) is 12.1 Å². The van der Waals surface area contributed by atoms with Crippen LogP contribution in [0, 0.1) is 5.82 Å². The van der Waals surface area contributed by atoms with E-state index in [4.69, 9.17) is 23.2 Å². The van der Waals surface area contributed by atoms with Gasteiger partial charge < -0.3 is 9.88 Å². The summed E-state index contributed by atoms with van der Waals surface area (Å²) >= 11 is 12.4. The van der Waals surface area contributed by atoms with Crippen molar-refractivity contribution in [2.45, 2.75) is 6.54 Å². The summed E-state index contributed by atoms with van der Waals surface area (Å²) in [7, 11) is 0. The van der Waals surface area contributed by atoms with Gasteiger partial charge in [0, 0.05) is 10.6 Å². The maximum Gasteiger partial charge on any atom is 0.244 e. The third kappa shape index (κ3) is 3.59. The Labute approximate surface area is 170 Å². The van der Waals surface area contributed by atoms with Gasteiger partial charge >= 0.3 is 0 Å². The molecule has 1 N–H and O–H groups in total. The maximum absolute atomic E-state index is 13.9. The molecule has 0 unspecified atom stereocenters. The average molecular weight is 414 g/mol. The minimum absolute atomic E-state index is 0.0524. The maximum atomic E-state index is 13.9. The van der Waals surface area contributed by atoms with Gasteiger partial charge in [0.1, 0.15) is 18.2 Å². The second-order valence-electron chi connectivity index (χ2n) is 6.16. The topological polar surface area (TPSA) is 46.9 Å². The van der Waals surface area contributed by atoms with Crippen molar-refractivity contribution in [3.63, 3.8) is 0 Å². The molecule has 0 atom stereocenters. The van der Waals surface area contributed by atoms with Gasteiger partial charge in [0.2, 0.25) is 5.91 Å². The average Bonchev–Trinajstić information content (AvgIpc) is 3.02. The Morgan fingerprint density at radius 1 is 1.04 bits per heavy atom. The van der Waals surface area contributed by atoms with E-state index in [9.17, 15) is 9.18 Å². The second-order valence-corrected chi connectivity index (χ2v) is 7.01. The molecule has 0 fully saturated rings. The zero-order valence-electron chi connectivity index (χ0n) is 14.5. The van der Waals surface area contributed by atoms with Crippen molar-refractivity contribution >= 4 is 45.8 Å². The SMILES string of the molecule is O=C(Cn1c(-c2ccc(Cl)cc2Cl)nc2ccccc21)Nc1ccccc1F. The predicted molar refractivity (Wildman–Crippen MR) is 110 cm³/mol. The molecule has 0 saturated carbocycles. The molecule has 3 aromatic carbocycles. The number of aromatic nitrogens is 2. The van der Waals surface area contributed by atoms with Crippen LogP contribution in [0.2, 0.25) is 10.0 Å². The van der Waals surface area contributed by atoms with Crippen LogP contribution >= 0.6 is 23.2 Å². The van der Waals surface area contributed by atoms with E-state index >= 15 is 0 Å². The summed E-state index contributed by atoms with van der Waals surface area (Å²) < 4.78 is 15.6. The van der Waals surface area contributed by atoms with E-state index in [2.05, 4.69) is 10.3 Å². The number of hydrogen-bond acceptors (Lipinski definition) is 2. The Bertz CT molecular complexity index is 1190. The fourth-order valence-corrected chi connectivity index (χ4v) is 3.50. The Hall–Kier alpha value is -2.89. The highest BCUT2D eigenvalue weighted by atomic mass is 35.5. The first-order valence-electron chi connectivity index (χ1n) is 8.48. The van der Waals surface area contributed by atoms with Gasteiger partial charge in [0.25, 0.3) is 0 Å². The highest BCUT2D eigenvalue weighted by molar-refractivity contribution is 6.36. The van der Waals surface area contributed by atoms with Crippen molar-refractivity contribution in [3.8, 4) is 11.4 Å². The molecule has 0 radical (unpaired) electrons. The van der Waals surface area contributed by atoms with Crippen molar-refractivity contribution in [1.82, 2.24) is 9.55 Å². The minimum atomic E-state index is -0.493. The van der Waals surface area contributed by atoms with Crippen LogP contribution < -0.4 is 5.32 Å². The first kappa shape index (κ1) is 18.5. The summed E-state index contributed by atoms with van der Waals surface area (Å²) in [5.74, 6) is -0.335. The summed E-state index contributed by atoms with van der Waals surface area (Å²) in [6.45, 7) is -0.0524. The van der Waals surface area contributed by atoms with Gasteiger partial charge in [-0.2, -0.15) is 0 Å². The van der Waals surface area contributed by atoms with E-state index < -0.39 is 5.82 Å². The molecule has 140 valence electrons. The molecule has 1 amide bonds. The number of nitrogens with one attached hydrogen (secondary N) is 1. The highest BCUT2D eigenvalue weighted by Gasteiger charge is 2.18. The molecular weight excluding hydrogens is 400 g/mol. The summed E-state index contributed by atoms with van der Waals surface area (Å²) in [5, 5.41) is 3.54. The molecule has 4 aromatic rings. The van der Waals surface area contributed by atoms with Crippen LogP contribution in [-0.4, -0.2) is 15.5 Å². The molecule has 0 bridgehead atoms. The molecular formula is C21H14Cl2FN3O. The number of benzene rings is 3. The van der Waals surface area contributed by atoms with Gasteiger partial charge in [0.15, 0.2) is 0 Å². The van der Waals surface area contributed by atoms with Crippen molar-refractivity contribution < 1.29 is 9.18 Å². The third-order valence-corrected chi connectivity index (χ3v) is 4.82. The van der Waals surface area contributed by atoms with E-state index in [0.717, 1.165) is 11.0 Å². The number of hydrogen-bond donors (Lipinski definition) is 1. The number of carbonyl (C=O) groups excluding carboxylic acids is 1. The van der Waals surface area contributed by atoms with Crippen LogP contribution in [0.5, 0.6) is 0 Å². The first-order valence-corrected chi connectivity index (χ1v) is 9.23. The van der Waals surface area contributed by atoms with Gasteiger partial charge in [-0.25, -0.2) is 9.37 Å². The largest absolute Gasteiger partial charge is 0.322 e. The van der Waals surface area contributed by atoms with Crippen LogP contribution in [0.1, 0.15) is 0 Å². The molecule has 1 heterocycles. The highest BCUT2D eigenvalue weighted by Crippen LogP contribution is 2.32. The lowest BCUT2D eigenvalue weighted by molar-refractivity contribution is -0.116. The Kier molecular flexibility index (Phi) is 5.03. The number of para-hydroxylation sites is 3. The minimum Gasteiger partial charge on any atom is -0.322 e. The normalized spacial score (nSPS) is 11.0. The standard InChI is InChI=1S/C21H14Cl2FN3O/c22-13-9-10-14(15(23)11-13)21-26-18-7-3-4-8-19(18)27(21)12-20(28)25-17-6-2-1-5-16(17)24/h1-11H,12H2,(H,25,28). The molecule has 7 heteroatoms. The van der Waals surface area contributed by atoms with E-state index in [0.29, 0.717) is 21.4 Å². The van der Waals surface area contributed by atoms with E-state index in [1.54, 1.807) is 34.9 Å². The smallest absolute Gasteiger partial charge is 0.244 e. The molecule has 28 heavy (non-hydrogen) atoms. The molecule has 4 rings (SSSR count). The van der Waals surface area contributed by atoms with Crippen LogP contribution in [0.3, 0.4) is 0 Å². The fourth-order valence-electron chi connectivity index (χ4n) is 3.01. The predicted octanol–water partition coefficient (Wildman–Crippen LogP) is 5.79. The number of fused-ring (bicyclic) bond motifs is 1. The lowest BCUT2D eigenvalue weighted by Crippen LogP contribution is -2.20. The monoisotopic (exact) mass is 413 g/mol. The molecule has 0 saturated heterocycles. The molecule has 1 aromatic heterocycles. The Morgan fingerprint density at radius 2 is 1.79 bits per heavy atom. The first-order chi connectivity index (χ1) is 13.5. The van der Waals surface area contributed by atoms with Crippen LogP contribution in [0.15, 0.2) is 66.7 Å². The quantitative estimate of drug-likeness (QED) is 0.460. The lowest BCUT2D eigenvalue weighted by atomic mass is 10.2. The molecule has 0 aliphatic carbocycles. The third-order valence-electron chi connectivity index (χ3n) is 4.28. The van der Waals surface area contributed by atoms with Gasteiger partial charge in [-0.1, -0.05) is 47.5 Å². The molecule has 4 nitrogen and oxygen atoms in total. The van der Waals surface area contributed by atoms with Gasteiger partial charge in [0.05, 0.1) is 21.7 Å². The molecule has 0 aliphatic heterocycles. The zero-order valence-corrected chi connectivity index (χ0v) is 16.0. The van der Waals surface area contributed by atoms with Crippen LogP contribution in [-0.2, 0) is 11.3 Å². The summed E-state index contributed by atoms with van der Waals surface area (Å²) in [6, 6.07) is 18.6. The lowest BCUT2D eigenvalue weighted by Gasteiger charge is -2.11. The number of carbonyl (C=O) groups is 1. The van der Waals surface area contributed by atoms with Crippen molar-refractivity contribution in [1.29, 1.82) is 0 Å². The Balaban J connectivity index is 1.75. The number of anilines is 1. The number of imidazole rings is 1. The van der Waals surface area contributed by atoms with Crippen molar-refractivity contribution in [2.24, 2.45) is 0 Å². The second kappa shape index (κ2) is 7.62.